The summed E-state index contributed by atoms with van der Waals surface area (Å²) in [7, 11) is 0. The van der Waals surface area contributed by atoms with Crippen LogP contribution in [0.15, 0.2) is 48.5 Å². The molecule has 0 saturated heterocycles. The summed E-state index contributed by atoms with van der Waals surface area (Å²) in [5, 5.41) is 3.09. The summed E-state index contributed by atoms with van der Waals surface area (Å²) in [6.07, 6.45) is 0.719. The third-order valence-electron chi connectivity index (χ3n) is 4.27. The van der Waals surface area contributed by atoms with Gasteiger partial charge in [-0.2, -0.15) is 0 Å². The molecule has 0 radical (unpaired) electrons. The van der Waals surface area contributed by atoms with E-state index in [9.17, 15) is 4.79 Å². The Hall–Kier alpha value is -2.49. The lowest BCUT2D eigenvalue weighted by Gasteiger charge is -2.25. The summed E-state index contributed by atoms with van der Waals surface area (Å²) < 4.78 is 11.3. The first-order valence-electron chi connectivity index (χ1n) is 7.54. The molecule has 0 saturated carbocycles. The van der Waals surface area contributed by atoms with Crippen LogP contribution in [0.3, 0.4) is 0 Å². The molecule has 22 heavy (non-hydrogen) atoms. The van der Waals surface area contributed by atoms with Crippen LogP contribution in [0.25, 0.3) is 0 Å². The molecule has 4 heteroatoms. The van der Waals surface area contributed by atoms with Crippen molar-refractivity contribution < 1.29 is 14.3 Å². The Labute approximate surface area is 129 Å². The lowest BCUT2D eigenvalue weighted by Crippen LogP contribution is -2.39. The molecule has 0 bridgehead atoms. The Morgan fingerprint density at radius 3 is 2.59 bits per heavy atom. The number of amides is 1. The van der Waals surface area contributed by atoms with Crippen LogP contribution in [0.5, 0.6) is 11.5 Å². The number of carbonyl (C=O) groups is 1. The van der Waals surface area contributed by atoms with Crippen molar-refractivity contribution in [3.63, 3.8) is 0 Å². The molecule has 1 amide bonds. The summed E-state index contributed by atoms with van der Waals surface area (Å²) in [5.74, 6) is 1.63. The number of ether oxygens (including phenoxy) is 2. The van der Waals surface area contributed by atoms with E-state index in [0.29, 0.717) is 13.2 Å². The zero-order valence-corrected chi connectivity index (χ0v) is 12.1. The highest BCUT2D eigenvalue weighted by Crippen LogP contribution is 2.32. The van der Waals surface area contributed by atoms with Crippen molar-refractivity contribution in [1.29, 1.82) is 0 Å². The first kappa shape index (κ1) is 13.2. The number of para-hydroxylation sites is 2. The Morgan fingerprint density at radius 2 is 1.68 bits per heavy atom. The topological polar surface area (TPSA) is 47.6 Å². The number of hydrogen-bond donors (Lipinski definition) is 1. The van der Waals surface area contributed by atoms with Gasteiger partial charge in [0.15, 0.2) is 0 Å². The Balaban J connectivity index is 1.46. The van der Waals surface area contributed by atoms with Crippen molar-refractivity contribution in [3.8, 4) is 11.5 Å². The Kier molecular flexibility index (Phi) is 3.22. The van der Waals surface area contributed by atoms with Gasteiger partial charge in [0, 0.05) is 5.56 Å². The van der Waals surface area contributed by atoms with Crippen LogP contribution < -0.4 is 14.8 Å². The fourth-order valence-electron chi connectivity index (χ4n) is 3.07. The average molecular weight is 295 g/mol. The number of benzene rings is 2. The van der Waals surface area contributed by atoms with Gasteiger partial charge in [-0.3, -0.25) is 4.79 Å². The third kappa shape index (κ3) is 2.30. The van der Waals surface area contributed by atoms with Crippen molar-refractivity contribution >= 4 is 5.91 Å². The van der Waals surface area contributed by atoms with Crippen molar-refractivity contribution in [3.05, 3.63) is 59.7 Å². The highest BCUT2D eigenvalue weighted by atomic mass is 16.5. The fraction of sp³-hybridized carbons (Fsp3) is 0.278. The summed E-state index contributed by atoms with van der Waals surface area (Å²) in [5.41, 5.74) is 2.14. The van der Waals surface area contributed by atoms with Crippen LogP contribution in [0.1, 0.15) is 17.2 Å². The minimum atomic E-state index is -0.150. The number of hydrogen-bond acceptors (Lipinski definition) is 3. The maximum Gasteiger partial charge on any atom is 0.227 e. The number of nitrogens with one attached hydrogen (secondary N) is 1. The van der Waals surface area contributed by atoms with Crippen molar-refractivity contribution in [1.82, 2.24) is 5.32 Å². The molecule has 1 N–H and O–H groups in total. The van der Waals surface area contributed by atoms with Gasteiger partial charge in [0.05, 0.1) is 12.0 Å². The lowest BCUT2D eigenvalue weighted by molar-refractivity contribution is -0.127. The number of rotatable bonds is 2. The first-order chi connectivity index (χ1) is 10.8. The molecule has 2 aliphatic rings. The van der Waals surface area contributed by atoms with Gasteiger partial charge in [-0.15, -0.1) is 0 Å². The molecule has 112 valence electrons. The third-order valence-corrected chi connectivity index (χ3v) is 4.27. The van der Waals surface area contributed by atoms with Gasteiger partial charge in [0.25, 0.3) is 0 Å². The van der Waals surface area contributed by atoms with Crippen LogP contribution in [0.2, 0.25) is 0 Å². The van der Waals surface area contributed by atoms with Gasteiger partial charge < -0.3 is 14.8 Å². The van der Waals surface area contributed by atoms with E-state index in [4.69, 9.17) is 9.47 Å². The predicted molar refractivity (Wildman–Crippen MR) is 82.0 cm³/mol. The van der Waals surface area contributed by atoms with Gasteiger partial charge in [-0.25, -0.2) is 0 Å². The quantitative estimate of drug-likeness (QED) is 0.926. The normalized spacial score (nSPS) is 22.0. The highest BCUT2D eigenvalue weighted by molar-refractivity contribution is 5.80. The first-order valence-corrected chi connectivity index (χ1v) is 7.54. The molecule has 2 aliphatic heterocycles. The van der Waals surface area contributed by atoms with E-state index in [1.165, 1.54) is 0 Å². The zero-order chi connectivity index (χ0) is 14.9. The molecule has 4 rings (SSSR count). The SMILES string of the molecule is O=C(NC1COc2ccccc21)C1COc2ccccc2C1. The monoisotopic (exact) mass is 295 g/mol. The van der Waals surface area contributed by atoms with E-state index >= 15 is 0 Å². The smallest absolute Gasteiger partial charge is 0.227 e. The second-order valence-electron chi connectivity index (χ2n) is 5.73. The maximum atomic E-state index is 12.5. The molecular formula is C18H17NO3. The van der Waals surface area contributed by atoms with Gasteiger partial charge in [-0.1, -0.05) is 36.4 Å². The van der Waals surface area contributed by atoms with E-state index in [0.717, 1.165) is 29.0 Å². The van der Waals surface area contributed by atoms with E-state index < -0.39 is 0 Å². The van der Waals surface area contributed by atoms with Crippen LogP contribution in [0, 0.1) is 5.92 Å². The molecule has 0 spiro atoms. The Morgan fingerprint density at radius 1 is 0.955 bits per heavy atom. The molecule has 4 nitrogen and oxygen atoms in total. The molecule has 0 fully saturated rings. The molecule has 2 aromatic rings. The molecule has 2 heterocycles. The van der Waals surface area contributed by atoms with Crippen LogP contribution in [-0.4, -0.2) is 19.1 Å². The van der Waals surface area contributed by atoms with Crippen molar-refractivity contribution in [2.45, 2.75) is 12.5 Å². The molecule has 2 aromatic carbocycles. The van der Waals surface area contributed by atoms with Crippen LogP contribution >= 0.6 is 0 Å². The molecular weight excluding hydrogens is 278 g/mol. The molecule has 2 unspecified atom stereocenters. The van der Waals surface area contributed by atoms with E-state index in [1.807, 2.05) is 48.5 Å². The largest absolute Gasteiger partial charge is 0.492 e. The maximum absolute atomic E-state index is 12.5. The second-order valence-corrected chi connectivity index (χ2v) is 5.73. The van der Waals surface area contributed by atoms with Crippen molar-refractivity contribution in [2.75, 3.05) is 13.2 Å². The lowest BCUT2D eigenvalue weighted by atomic mass is 9.95. The van der Waals surface area contributed by atoms with Gasteiger partial charge in [-0.05, 0) is 24.1 Å². The van der Waals surface area contributed by atoms with Crippen LogP contribution in [-0.2, 0) is 11.2 Å². The van der Waals surface area contributed by atoms with Gasteiger partial charge in [0.1, 0.15) is 24.7 Å². The Bertz CT molecular complexity index is 713. The highest BCUT2D eigenvalue weighted by Gasteiger charge is 2.30. The number of fused-ring (bicyclic) bond motifs is 2. The minimum absolute atomic E-state index is 0.0276. The summed E-state index contributed by atoms with van der Waals surface area (Å²) in [6.45, 7) is 0.924. The van der Waals surface area contributed by atoms with E-state index in [2.05, 4.69) is 5.32 Å². The van der Waals surface area contributed by atoms with Crippen LogP contribution in [0.4, 0.5) is 0 Å². The van der Waals surface area contributed by atoms with Gasteiger partial charge in [0.2, 0.25) is 5.91 Å². The summed E-state index contributed by atoms with van der Waals surface area (Å²) >= 11 is 0. The second kappa shape index (κ2) is 5.37. The molecule has 0 aliphatic carbocycles. The fourth-order valence-corrected chi connectivity index (χ4v) is 3.07. The zero-order valence-electron chi connectivity index (χ0n) is 12.1. The predicted octanol–water partition coefficient (Wildman–Crippen LogP) is 2.49. The van der Waals surface area contributed by atoms with Gasteiger partial charge >= 0.3 is 0 Å². The average Bonchev–Trinajstić information content (AvgIpc) is 2.97. The minimum Gasteiger partial charge on any atom is -0.492 e. The standard InChI is InChI=1S/C18H17NO3/c20-18(13-9-12-5-1-3-7-16(12)21-10-13)19-15-11-22-17-8-4-2-6-14(15)17/h1-8,13,15H,9-11H2,(H,19,20). The molecule has 2 atom stereocenters. The van der Waals surface area contributed by atoms with Crippen molar-refractivity contribution in [2.24, 2.45) is 5.92 Å². The summed E-state index contributed by atoms with van der Waals surface area (Å²) in [6, 6.07) is 15.7. The molecule has 0 aromatic heterocycles. The van der Waals surface area contributed by atoms with E-state index in [-0.39, 0.29) is 17.9 Å². The van der Waals surface area contributed by atoms with E-state index in [1.54, 1.807) is 0 Å². The summed E-state index contributed by atoms with van der Waals surface area (Å²) in [4.78, 5) is 12.5. The number of carbonyl (C=O) groups excluding carboxylic acids is 1.